The highest BCUT2D eigenvalue weighted by molar-refractivity contribution is 7.90. The number of halogens is 2. The Bertz CT molecular complexity index is 778. The minimum absolute atomic E-state index is 0.0337. The third kappa shape index (κ3) is 3.46. The second-order valence-corrected chi connectivity index (χ2v) is 6.80. The summed E-state index contributed by atoms with van der Waals surface area (Å²) in [5.41, 5.74) is 6.01. The first-order valence-electron chi connectivity index (χ1n) is 5.93. The Hall–Kier alpha value is -1.79. The average molecular weight is 330 g/mol. The molecule has 0 aromatic heterocycles. The number of anilines is 1. The zero-order valence-electron chi connectivity index (χ0n) is 11.1. The molecule has 0 bridgehead atoms. The minimum Gasteiger partial charge on any atom is -0.495 e. The van der Waals surface area contributed by atoms with Gasteiger partial charge in [-0.25, -0.2) is 12.8 Å². The van der Waals surface area contributed by atoms with Gasteiger partial charge in [-0.05, 0) is 24.3 Å². The van der Waals surface area contributed by atoms with Crippen molar-refractivity contribution in [1.29, 1.82) is 0 Å². The smallest absolute Gasteiger partial charge is 0.186 e. The summed E-state index contributed by atoms with van der Waals surface area (Å²) >= 11 is 5.65. The molecule has 0 spiro atoms. The third-order valence-corrected chi connectivity index (χ3v) is 4.82. The van der Waals surface area contributed by atoms with Gasteiger partial charge in [0.05, 0.1) is 12.9 Å². The standard InChI is InChI=1S/C14H13ClFNO3S/c1-20-13-7-11(17)4-5-14(13)21(18,19)8-9-2-3-10(15)6-12(9)16/h2-7H,8,17H2,1H3. The van der Waals surface area contributed by atoms with Crippen LogP contribution >= 0.6 is 11.6 Å². The summed E-state index contributed by atoms with van der Waals surface area (Å²) in [7, 11) is -2.43. The number of hydrogen-bond donors (Lipinski definition) is 1. The number of hydrogen-bond acceptors (Lipinski definition) is 4. The van der Waals surface area contributed by atoms with Crippen LogP contribution in [0, 0.1) is 5.82 Å². The molecule has 0 unspecified atom stereocenters. The number of benzene rings is 2. The minimum atomic E-state index is -3.77. The number of methoxy groups -OCH3 is 1. The van der Waals surface area contributed by atoms with Crippen molar-refractivity contribution in [1.82, 2.24) is 0 Å². The van der Waals surface area contributed by atoms with Crippen LogP contribution in [0.4, 0.5) is 10.1 Å². The molecule has 0 saturated heterocycles. The molecule has 0 heterocycles. The van der Waals surface area contributed by atoms with Crippen molar-refractivity contribution >= 4 is 27.1 Å². The SMILES string of the molecule is COc1cc(N)ccc1S(=O)(=O)Cc1ccc(Cl)cc1F. The summed E-state index contributed by atoms with van der Waals surface area (Å²) in [4.78, 5) is -0.0337. The van der Waals surface area contributed by atoms with Gasteiger partial charge in [-0.1, -0.05) is 17.7 Å². The second-order valence-electron chi connectivity index (χ2n) is 4.41. The maximum Gasteiger partial charge on any atom is 0.186 e. The van der Waals surface area contributed by atoms with Crippen LogP contribution in [0.25, 0.3) is 0 Å². The molecule has 2 N–H and O–H groups in total. The Morgan fingerprint density at radius 1 is 1.24 bits per heavy atom. The van der Waals surface area contributed by atoms with Gasteiger partial charge in [-0.3, -0.25) is 0 Å². The Morgan fingerprint density at radius 3 is 2.57 bits per heavy atom. The maximum absolute atomic E-state index is 13.7. The summed E-state index contributed by atoms with van der Waals surface area (Å²) in [6.45, 7) is 0. The van der Waals surface area contributed by atoms with E-state index >= 15 is 0 Å². The molecule has 0 saturated carbocycles. The number of nitrogens with two attached hydrogens (primary N) is 1. The second kappa shape index (κ2) is 5.91. The van der Waals surface area contributed by atoms with Gasteiger partial charge in [0.25, 0.3) is 0 Å². The van der Waals surface area contributed by atoms with E-state index in [9.17, 15) is 12.8 Å². The molecule has 0 atom stereocenters. The molecule has 0 aliphatic rings. The van der Waals surface area contributed by atoms with Gasteiger partial charge >= 0.3 is 0 Å². The van der Waals surface area contributed by atoms with Crippen molar-refractivity contribution in [3.05, 3.63) is 52.8 Å². The van der Waals surface area contributed by atoms with Gasteiger partial charge in [0.15, 0.2) is 9.84 Å². The van der Waals surface area contributed by atoms with Gasteiger partial charge in [0, 0.05) is 22.3 Å². The number of sulfone groups is 1. The highest BCUT2D eigenvalue weighted by Gasteiger charge is 2.22. The van der Waals surface area contributed by atoms with Gasteiger partial charge in [-0.2, -0.15) is 0 Å². The largest absolute Gasteiger partial charge is 0.495 e. The van der Waals surface area contributed by atoms with Crippen molar-refractivity contribution in [2.24, 2.45) is 0 Å². The number of ether oxygens (including phenoxy) is 1. The highest BCUT2D eigenvalue weighted by atomic mass is 35.5. The van der Waals surface area contributed by atoms with Crippen molar-refractivity contribution in [2.45, 2.75) is 10.6 Å². The fourth-order valence-corrected chi connectivity index (χ4v) is 3.54. The monoisotopic (exact) mass is 329 g/mol. The lowest BCUT2D eigenvalue weighted by atomic mass is 10.2. The first kappa shape index (κ1) is 15.6. The predicted molar refractivity (Wildman–Crippen MR) is 79.7 cm³/mol. The Morgan fingerprint density at radius 2 is 1.95 bits per heavy atom. The van der Waals surface area contributed by atoms with Crippen LogP contribution in [0.5, 0.6) is 5.75 Å². The van der Waals surface area contributed by atoms with Crippen LogP contribution in [0.2, 0.25) is 5.02 Å². The Balaban J connectivity index is 2.43. The lowest BCUT2D eigenvalue weighted by Crippen LogP contribution is -2.08. The van der Waals surface area contributed by atoms with Crippen LogP contribution in [0.15, 0.2) is 41.3 Å². The summed E-state index contributed by atoms with van der Waals surface area (Å²) in [6.07, 6.45) is 0. The van der Waals surface area contributed by atoms with Gasteiger partial charge in [0.1, 0.15) is 16.5 Å². The third-order valence-electron chi connectivity index (χ3n) is 2.88. The van der Waals surface area contributed by atoms with Crippen molar-refractivity contribution in [3.8, 4) is 5.75 Å². The van der Waals surface area contributed by atoms with E-state index in [4.69, 9.17) is 22.1 Å². The maximum atomic E-state index is 13.7. The molecule has 0 fully saturated rings. The molecule has 0 aliphatic heterocycles. The topological polar surface area (TPSA) is 69.4 Å². The first-order chi connectivity index (χ1) is 9.83. The molecule has 0 amide bonds. The van der Waals surface area contributed by atoms with Gasteiger partial charge in [-0.15, -0.1) is 0 Å². The first-order valence-corrected chi connectivity index (χ1v) is 7.96. The Labute approximate surface area is 127 Å². The lowest BCUT2D eigenvalue weighted by molar-refractivity contribution is 0.403. The summed E-state index contributed by atoms with van der Waals surface area (Å²) < 4.78 is 43.6. The van der Waals surface area contributed by atoms with E-state index < -0.39 is 21.4 Å². The molecular formula is C14H13ClFNO3S. The number of rotatable bonds is 4. The van der Waals surface area contributed by atoms with Crippen LogP contribution in [-0.2, 0) is 15.6 Å². The van der Waals surface area contributed by atoms with Crippen LogP contribution in [0.3, 0.4) is 0 Å². The van der Waals surface area contributed by atoms with Gasteiger partial charge in [0.2, 0.25) is 0 Å². The lowest BCUT2D eigenvalue weighted by Gasteiger charge is -2.11. The molecule has 21 heavy (non-hydrogen) atoms. The fourth-order valence-electron chi connectivity index (χ4n) is 1.86. The van der Waals surface area contributed by atoms with E-state index in [0.29, 0.717) is 5.69 Å². The van der Waals surface area contributed by atoms with Crippen LogP contribution in [-0.4, -0.2) is 15.5 Å². The van der Waals surface area contributed by atoms with E-state index in [0.717, 1.165) is 6.07 Å². The normalized spacial score (nSPS) is 11.4. The van der Waals surface area contributed by atoms with Crippen molar-refractivity contribution in [2.75, 3.05) is 12.8 Å². The van der Waals surface area contributed by atoms with E-state index in [2.05, 4.69) is 0 Å². The molecule has 0 radical (unpaired) electrons. The highest BCUT2D eigenvalue weighted by Crippen LogP contribution is 2.29. The molecular weight excluding hydrogens is 317 g/mol. The summed E-state index contributed by atoms with van der Waals surface area (Å²) in [5.74, 6) is -1.03. The molecule has 2 rings (SSSR count). The van der Waals surface area contributed by atoms with E-state index in [1.54, 1.807) is 0 Å². The molecule has 7 heteroatoms. The molecule has 0 aliphatic carbocycles. The zero-order valence-corrected chi connectivity index (χ0v) is 12.7. The Kier molecular flexibility index (Phi) is 4.39. The molecule has 4 nitrogen and oxygen atoms in total. The molecule has 2 aromatic carbocycles. The van der Waals surface area contributed by atoms with E-state index in [1.165, 1.54) is 37.4 Å². The molecule has 112 valence electrons. The van der Waals surface area contributed by atoms with Crippen LogP contribution in [0.1, 0.15) is 5.56 Å². The van der Waals surface area contributed by atoms with Gasteiger partial charge < -0.3 is 10.5 Å². The van der Waals surface area contributed by atoms with E-state index in [-0.39, 0.29) is 21.2 Å². The quantitative estimate of drug-likeness (QED) is 0.875. The predicted octanol–water partition coefficient (Wildman–Crippen LogP) is 3.04. The number of nitrogen functional groups attached to an aromatic ring is 1. The summed E-state index contributed by atoms with van der Waals surface area (Å²) in [6, 6.07) is 8.07. The van der Waals surface area contributed by atoms with E-state index in [1.807, 2.05) is 0 Å². The van der Waals surface area contributed by atoms with Crippen molar-refractivity contribution in [3.63, 3.8) is 0 Å². The zero-order chi connectivity index (χ0) is 15.6. The fraction of sp³-hybridized carbons (Fsp3) is 0.143. The van der Waals surface area contributed by atoms with Crippen molar-refractivity contribution < 1.29 is 17.5 Å². The summed E-state index contributed by atoms with van der Waals surface area (Å²) in [5, 5.41) is 0.207. The average Bonchev–Trinajstić information content (AvgIpc) is 2.41. The molecule has 2 aromatic rings. The van der Waals surface area contributed by atoms with Crippen LogP contribution < -0.4 is 10.5 Å².